The van der Waals surface area contributed by atoms with E-state index in [0.717, 1.165) is 74.4 Å². The largest absolute Gasteiger partial charge is 0.354 e. The van der Waals surface area contributed by atoms with E-state index in [9.17, 15) is 14.4 Å². The van der Waals surface area contributed by atoms with E-state index in [2.05, 4.69) is 60.6 Å². The molecule has 1 unspecified atom stereocenters. The van der Waals surface area contributed by atoms with E-state index < -0.39 is 6.04 Å². The van der Waals surface area contributed by atoms with Crippen molar-refractivity contribution in [1.82, 2.24) is 25.2 Å². The lowest BCUT2D eigenvalue weighted by molar-refractivity contribution is -0.130. The Morgan fingerprint density at radius 3 is 2.49 bits per heavy atom. The normalized spacial score (nSPS) is 19.7. The molecule has 1 saturated heterocycles. The molecule has 0 bridgehead atoms. The molecule has 2 fully saturated rings. The Balaban J connectivity index is 1.21. The predicted octanol–water partition coefficient (Wildman–Crippen LogP) is 3.10. The summed E-state index contributed by atoms with van der Waals surface area (Å²) < 4.78 is 0. The third-order valence-corrected chi connectivity index (χ3v) is 9.24. The Labute approximate surface area is 262 Å². The summed E-state index contributed by atoms with van der Waals surface area (Å²) in [6.45, 7) is 4.51. The van der Waals surface area contributed by atoms with E-state index in [1.165, 1.54) is 0 Å². The minimum absolute atomic E-state index is 0.0989. The second-order valence-corrected chi connectivity index (χ2v) is 12.4. The number of nitrogens with one attached hydrogen (secondary N) is 4. The molecule has 1 atom stereocenters. The van der Waals surface area contributed by atoms with Crippen molar-refractivity contribution in [3.63, 3.8) is 0 Å². The molecule has 3 heterocycles. The summed E-state index contributed by atoms with van der Waals surface area (Å²) in [7, 11) is 2.14. The molecule has 6 rings (SSSR count). The molecule has 1 aliphatic heterocycles. The fourth-order valence-corrected chi connectivity index (χ4v) is 6.42. The van der Waals surface area contributed by atoms with Gasteiger partial charge in [-0.3, -0.25) is 9.59 Å². The van der Waals surface area contributed by atoms with E-state index >= 15 is 0 Å². The number of carbonyl (C=O) groups excluding carboxylic acids is 2. The van der Waals surface area contributed by atoms with Crippen molar-refractivity contribution in [3.05, 3.63) is 76.8 Å². The third kappa shape index (κ3) is 7.43. The number of amides is 2. The van der Waals surface area contributed by atoms with Gasteiger partial charge in [0.25, 0.3) is 0 Å². The van der Waals surface area contributed by atoms with Gasteiger partial charge < -0.3 is 36.1 Å². The highest BCUT2D eigenvalue weighted by molar-refractivity contribution is 5.98. The van der Waals surface area contributed by atoms with Gasteiger partial charge in [-0.2, -0.15) is 0 Å². The number of hydrogen-bond acceptors (Lipinski definition) is 7. The number of carbonyl (C=O) groups is 2. The van der Waals surface area contributed by atoms with Gasteiger partial charge >= 0.3 is 5.69 Å². The van der Waals surface area contributed by atoms with Crippen LogP contribution in [0.3, 0.4) is 0 Å². The highest BCUT2D eigenvalue weighted by atomic mass is 16.2. The average molecular weight is 611 g/mol. The number of piperazine rings is 1. The monoisotopic (exact) mass is 610 g/mol. The van der Waals surface area contributed by atoms with Crippen molar-refractivity contribution >= 4 is 34.4 Å². The van der Waals surface area contributed by atoms with Crippen LogP contribution in [0.4, 0.5) is 11.5 Å². The predicted molar refractivity (Wildman–Crippen MR) is 177 cm³/mol. The molecule has 2 amide bonds. The van der Waals surface area contributed by atoms with Crippen molar-refractivity contribution in [2.24, 2.45) is 17.6 Å². The molecule has 0 spiro atoms. The SMILES string of the molecule is CN1CCN(c2cc(-c3cccc(CC(NC(=O)C4CCC(CN)CC4)C(=O)Nc4ccc5[nH]c(=O)[nH]c5c4)c3)ccn2)CC1. The summed E-state index contributed by atoms with van der Waals surface area (Å²) >= 11 is 0. The number of aromatic nitrogens is 3. The molecule has 11 heteroatoms. The maximum absolute atomic E-state index is 13.7. The number of fused-ring (bicyclic) bond motifs is 1. The fourth-order valence-electron chi connectivity index (χ4n) is 6.42. The van der Waals surface area contributed by atoms with Gasteiger partial charge in [0.1, 0.15) is 11.9 Å². The first-order chi connectivity index (χ1) is 21.8. The van der Waals surface area contributed by atoms with Gasteiger partial charge in [0.05, 0.1) is 11.0 Å². The second kappa shape index (κ2) is 13.7. The number of anilines is 2. The molecule has 45 heavy (non-hydrogen) atoms. The Hall–Kier alpha value is -4.48. The molecule has 236 valence electrons. The molecule has 1 saturated carbocycles. The highest BCUT2D eigenvalue weighted by Crippen LogP contribution is 2.29. The lowest BCUT2D eigenvalue weighted by Gasteiger charge is -2.33. The van der Waals surface area contributed by atoms with Gasteiger partial charge in [-0.1, -0.05) is 24.3 Å². The maximum Gasteiger partial charge on any atom is 0.323 e. The van der Waals surface area contributed by atoms with Crippen LogP contribution in [0.2, 0.25) is 0 Å². The van der Waals surface area contributed by atoms with Crippen LogP contribution >= 0.6 is 0 Å². The Bertz CT molecular complexity index is 1700. The molecule has 6 N–H and O–H groups in total. The summed E-state index contributed by atoms with van der Waals surface area (Å²) in [5.74, 6) is 0.859. The van der Waals surface area contributed by atoms with Crippen LogP contribution in [0.15, 0.2) is 65.6 Å². The number of nitrogens with zero attached hydrogens (tertiary/aromatic N) is 3. The van der Waals surface area contributed by atoms with Crippen LogP contribution in [0, 0.1) is 11.8 Å². The van der Waals surface area contributed by atoms with Crippen molar-refractivity contribution in [1.29, 1.82) is 0 Å². The lowest BCUT2D eigenvalue weighted by Crippen LogP contribution is -2.48. The smallest absolute Gasteiger partial charge is 0.323 e. The standard InChI is InChI=1S/C34H42N8O3/c1-41-13-15-42(16-14-41)31-19-26(11-12-36-31)25-4-2-3-23(17-25)18-30(38-32(43)24-7-5-22(21-35)6-8-24)33(44)37-27-9-10-28-29(20-27)40-34(45)39-28/h2-4,9-12,17,19-20,22,24,30H,5-8,13-16,18,21,35H2,1H3,(H,37,44)(H,38,43)(H2,39,40,45). The van der Waals surface area contributed by atoms with E-state index in [1.54, 1.807) is 18.2 Å². The van der Waals surface area contributed by atoms with Crippen LogP contribution < -0.4 is 27.0 Å². The van der Waals surface area contributed by atoms with Crippen molar-refractivity contribution < 1.29 is 9.59 Å². The van der Waals surface area contributed by atoms with Crippen LogP contribution in [0.25, 0.3) is 22.2 Å². The third-order valence-electron chi connectivity index (χ3n) is 9.24. The van der Waals surface area contributed by atoms with Crippen molar-refractivity contribution in [2.75, 3.05) is 50.0 Å². The van der Waals surface area contributed by atoms with E-state index in [1.807, 2.05) is 24.4 Å². The lowest BCUT2D eigenvalue weighted by atomic mass is 9.81. The van der Waals surface area contributed by atoms with Crippen LogP contribution in [0.1, 0.15) is 31.2 Å². The summed E-state index contributed by atoms with van der Waals surface area (Å²) in [4.78, 5) is 53.6. The number of pyridine rings is 1. The van der Waals surface area contributed by atoms with Gasteiger partial charge in [0.2, 0.25) is 11.8 Å². The first-order valence-corrected chi connectivity index (χ1v) is 15.9. The van der Waals surface area contributed by atoms with E-state index in [4.69, 9.17) is 5.73 Å². The average Bonchev–Trinajstić information content (AvgIpc) is 3.44. The van der Waals surface area contributed by atoms with Crippen molar-refractivity contribution in [2.45, 2.75) is 38.1 Å². The zero-order chi connectivity index (χ0) is 31.3. The second-order valence-electron chi connectivity index (χ2n) is 12.4. The van der Waals surface area contributed by atoms with Crippen LogP contribution in [0.5, 0.6) is 0 Å². The minimum Gasteiger partial charge on any atom is -0.354 e. The molecule has 11 nitrogen and oxygen atoms in total. The number of imidazole rings is 1. The number of likely N-dealkylation sites (N-methyl/N-ethyl adjacent to an activating group) is 1. The van der Waals surface area contributed by atoms with Gasteiger partial charge in [0.15, 0.2) is 0 Å². The van der Waals surface area contributed by atoms with E-state index in [0.29, 0.717) is 35.6 Å². The molecular formula is C34H42N8O3. The first-order valence-electron chi connectivity index (χ1n) is 15.9. The van der Waals surface area contributed by atoms with Gasteiger partial charge in [0, 0.05) is 50.4 Å². The number of benzene rings is 2. The Morgan fingerprint density at radius 2 is 1.71 bits per heavy atom. The van der Waals surface area contributed by atoms with E-state index in [-0.39, 0.29) is 23.4 Å². The first kappa shape index (κ1) is 30.5. The highest BCUT2D eigenvalue weighted by Gasteiger charge is 2.29. The quantitative estimate of drug-likeness (QED) is 0.195. The molecule has 2 aromatic carbocycles. The molecule has 2 aromatic heterocycles. The molecular weight excluding hydrogens is 568 g/mol. The number of aromatic amines is 2. The summed E-state index contributed by atoms with van der Waals surface area (Å²) in [6.07, 6.45) is 5.55. The van der Waals surface area contributed by atoms with Gasteiger partial charge in [-0.25, -0.2) is 9.78 Å². The molecule has 4 aromatic rings. The number of hydrogen-bond donors (Lipinski definition) is 5. The summed E-state index contributed by atoms with van der Waals surface area (Å²) in [5.41, 5.74) is 10.3. The number of nitrogens with two attached hydrogens (primary N) is 1. The van der Waals surface area contributed by atoms with Gasteiger partial charge in [-0.05, 0) is 92.2 Å². The van der Waals surface area contributed by atoms with Gasteiger partial charge in [-0.15, -0.1) is 0 Å². The summed E-state index contributed by atoms with van der Waals surface area (Å²) in [5, 5.41) is 6.04. The number of rotatable bonds is 9. The Kier molecular flexibility index (Phi) is 9.27. The van der Waals surface area contributed by atoms with Crippen LogP contribution in [-0.2, 0) is 16.0 Å². The van der Waals surface area contributed by atoms with Crippen molar-refractivity contribution in [3.8, 4) is 11.1 Å². The topological polar surface area (TPSA) is 152 Å². The Morgan fingerprint density at radius 1 is 0.956 bits per heavy atom. The molecule has 1 aliphatic carbocycles. The molecule has 2 aliphatic rings. The molecule has 0 radical (unpaired) electrons. The zero-order valence-electron chi connectivity index (χ0n) is 25.7. The maximum atomic E-state index is 13.7. The van der Waals surface area contributed by atoms with Crippen LogP contribution in [-0.4, -0.2) is 77.5 Å². The minimum atomic E-state index is -0.792. The fraction of sp³-hybridized carbons (Fsp3) is 0.412. The zero-order valence-corrected chi connectivity index (χ0v) is 25.7. The number of H-pyrrole nitrogens is 2. The summed E-state index contributed by atoms with van der Waals surface area (Å²) in [6, 6.07) is 16.6.